The Labute approximate surface area is 117 Å². The molecule has 0 aliphatic carbocycles. The Morgan fingerprint density at radius 3 is 2.50 bits per heavy atom. The van der Waals surface area contributed by atoms with Crippen molar-refractivity contribution >= 4 is 5.97 Å². The lowest BCUT2D eigenvalue weighted by molar-refractivity contribution is 0.0695. The summed E-state index contributed by atoms with van der Waals surface area (Å²) < 4.78 is 15.7. The predicted molar refractivity (Wildman–Crippen MR) is 73.4 cm³/mol. The van der Waals surface area contributed by atoms with E-state index >= 15 is 0 Å². The molecule has 1 aromatic rings. The second-order valence-electron chi connectivity index (χ2n) is 3.54. The molecule has 0 saturated heterocycles. The molecule has 0 amide bonds. The minimum Gasteiger partial charge on any atom is -0.493 e. The monoisotopic (exact) mass is 274 g/mol. The van der Waals surface area contributed by atoms with Crippen molar-refractivity contribution in [2.75, 3.05) is 20.8 Å². The lowest BCUT2D eigenvalue weighted by atomic mass is 10.0. The summed E-state index contributed by atoms with van der Waals surface area (Å²) in [6.45, 7) is 1.59. The fraction of sp³-hybridized carbons (Fsp3) is 0.267. The van der Waals surface area contributed by atoms with Crippen molar-refractivity contribution in [3.8, 4) is 41.4 Å². The molecular formula is C15H14O5. The number of rotatable bonds is 5. The van der Waals surface area contributed by atoms with Crippen LogP contribution in [0.15, 0.2) is 6.07 Å². The van der Waals surface area contributed by atoms with Crippen LogP contribution >= 0.6 is 0 Å². The van der Waals surface area contributed by atoms with Crippen molar-refractivity contribution in [2.45, 2.75) is 6.92 Å². The van der Waals surface area contributed by atoms with E-state index in [0.717, 1.165) is 0 Å². The van der Waals surface area contributed by atoms with Gasteiger partial charge in [0.25, 0.3) is 0 Å². The molecule has 20 heavy (non-hydrogen) atoms. The summed E-state index contributed by atoms with van der Waals surface area (Å²) in [5.41, 5.74) is 0.191. The molecule has 0 atom stereocenters. The first-order valence-electron chi connectivity index (χ1n) is 5.61. The number of ether oxygens (including phenoxy) is 3. The molecule has 0 spiro atoms. The van der Waals surface area contributed by atoms with Crippen molar-refractivity contribution in [3.63, 3.8) is 0 Å². The van der Waals surface area contributed by atoms with Crippen LogP contribution in [0, 0.1) is 24.2 Å². The van der Waals surface area contributed by atoms with E-state index < -0.39 is 5.97 Å². The standard InChI is InChI=1S/C15H14O5/c1-5-7-10-11(15(16)17)9-12(18-3)14(13(10)19-4)20-8-6-2/h2,9H,8H2,1,3-4H3,(H,16,17). The van der Waals surface area contributed by atoms with E-state index in [1.807, 2.05) is 0 Å². The zero-order chi connectivity index (χ0) is 15.1. The molecule has 0 aliphatic heterocycles. The van der Waals surface area contributed by atoms with Gasteiger partial charge >= 0.3 is 5.97 Å². The third-order valence-corrected chi connectivity index (χ3v) is 2.41. The topological polar surface area (TPSA) is 65.0 Å². The Morgan fingerprint density at radius 1 is 1.35 bits per heavy atom. The van der Waals surface area contributed by atoms with Crippen LogP contribution in [-0.2, 0) is 0 Å². The average Bonchev–Trinajstić information content (AvgIpc) is 2.44. The molecule has 5 nitrogen and oxygen atoms in total. The summed E-state index contributed by atoms with van der Waals surface area (Å²) in [6.07, 6.45) is 5.16. The van der Waals surface area contributed by atoms with Crippen molar-refractivity contribution in [1.29, 1.82) is 0 Å². The van der Waals surface area contributed by atoms with Gasteiger partial charge in [0.15, 0.2) is 11.5 Å². The number of hydrogen-bond donors (Lipinski definition) is 1. The van der Waals surface area contributed by atoms with Gasteiger partial charge in [-0.25, -0.2) is 4.79 Å². The normalized spacial score (nSPS) is 8.90. The largest absolute Gasteiger partial charge is 0.493 e. The summed E-state index contributed by atoms with van der Waals surface area (Å²) in [6, 6.07) is 1.33. The summed E-state index contributed by atoms with van der Waals surface area (Å²) in [7, 11) is 2.79. The molecule has 0 heterocycles. The smallest absolute Gasteiger partial charge is 0.337 e. The number of carboxylic acids is 1. The Morgan fingerprint density at radius 2 is 2.05 bits per heavy atom. The van der Waals surface area contributed by atoms with Gasteiger partial charge in [-0.2, -0.15) is 0 Å². The van der Waals surface area contributed by atoms with Crippen LogP contribution in [0.4, 0.5) is 0 Å². The first-order chi connectivity index (χ1) is 9.60. The van der Waals surface area contributed by atoms with Crippen molar-refractivity contribution in [2.24, 2.45) is 0 Å². The molecule has 0 aromatic heterocycles. The first kappa shape index (κ1) is 15.3. The Bertz CT molecular complexity index is 614. The lowest BCUT2D eigenvalue weighted by Gasteiger charge is -2.16. The molecule has 5 heteroatoms. The van der Waals surface area contributed by atoms with Crippen molar-refractivity contribution in [1.82, 2.24) is 0 Å². The van der Waals surface area contributed by atoms with Gasteiger partial charge in [0.1, 0.15) is 6.61 Å². The highest BCUT2D eigenvalue weighted by atomic mass is 16.5. The van der Waals surface area contributed by atoms with E-state index in [1.54, 1.807) is 6.92 Å². The first-order valence-corrected chi connectivity index (χ1v) is 5.61. The number of carboxylic acid groups (broad SMARTS) is 1. The fourth-order valence-electron chi connectivity index (χ4n) is 1.63. The highest BCUT2D eigenvalue weighted by Crippen LogP contribution is 2.41. The van der Waals surface area contributed by atoms with Crippen molar-refractivity contribution < 1.29 is 24.1 Å². The van der Waals surface area contributed by atoms with Gasteiger partial charge in [-0.3, -0.25) is 0 Å². The zero-order valence-electron chi connectivity index (χ0n) is 11.4. The Kier molecular flexibility index (Phi) is 5.31. The molecule has 1 aromatic carbocycles. The van der Waals surface area contributed by atoms with Crippen LogP contribution in [0.3, 0.4) is 0 Å². The summed E-state index contributed by atoms with van der Waals surface area (Å²) in [5, 5.41) is 9.25. The number of carbonyl (C=O) groups is 1. The predicted octanol–water partition coefficient (Wildman–Crippen LogP) is 1.79. The fourth-order valence-corrected chi connectivity index (χ4v) is 1.63. The van der Waals surface area contributed by atoms with Gasteiger partial charge in [-0.15, -0.1) is 12.3 Å². The Hall–Kier alpha value is -2.79. The number of terminal acetylenes is 1. The average molecular weight is 274 g/mol. The van der Waals surface area contributed by atoms with Crippen LogP contribution in [0.2, 0.25) is 0 Å². The van der Waals surface area contributed by atoms with E-state index in [0.29, 0.717) is 0 Å². The highest BCUT2D eigenvalue weighted by molar-refractivity contribution is 5.93. The summed E-state index contributed by atoms with van der Waals surface area (Å²) in [5.74, 6) is 7.17. The molecular weight excluding hydrogens is 260 g/mol. The van der Waals surface area contributed by atoms with Crippen LogP contribution in [0.5, 0.6) is 17.2 Å². The van der Waals surface area contributed by atoms with Crippen LogP contribution in [-0.4, -0.2) is 31.9 Å². The van der Waals surface area contributed by atoms with E-state index in [4.69, 9.17) is 20.6 Å². The minimum absolute atomic E-state index is 0.00185. The van der Waals surface area contributed by atoms with Gasteiger partial charge in [-0.05, 0) is 6.92 Å². The van der Waals surface area contributed by atoms with Gasteiger partial charge in [0.2, 0.25) is 5.75 Å². The van der Waals surface area contributed by atoms with Crippen LogP contribution in [0.25, 0.3) is 0 Å². The molecule has 1 N–H and O–H groups in total. The second-order valence-corrected chi connectivity index (χ2v) is 3.54. The minimum atomic E-state index is -1.14. The number of aromatic carboxylic acids is 1. The van der Waals surface area contributed by atoms with Gasteiger partial charge < -0.3 is 19.3 Å². The van der Waals surface area contributed by atoms with Crippen LogP contribution < -0.4 is 14.2 Å². The maximum absolute atomic E-state index is 11.3. The third kappa shape index (κ3) is 2.96. The van der Waals surface area contributed by atoms with Gasteiger partial charge in [0.05, 0.1) is 25.3 Å². The summed E-state index contributed by atoms with van der Waals surface area (Å²) >= 11 is 0. The second kappa shape index (κ2) is 6.96. The number of methoxy groups -OCH3 is 2. The molecule has 0 fully saturated rings. The summed E-state index contributed by atoms with van der Waals surface area (Å²) in [4.78, 5) is 11.3. The molecule has 0 radical (unpaired) electrons. The van der Waals surface area contributed by atoms with E-state index in [9.17, 15) is 9.90 Å². The molecule has 1 rings (SSSR count). The molecule has 0 saturated carbocycles. The van der Waals surface area contributed by atoms with Crippen LogP contribution in [0.1, 0.15) is 22.8 Å². The zero-order valence-corrected chi connectivity index (χ0v) is 11.4. The van der Waals surface area contributed by atoms with E-state index in [-0.39, 0.29) is 35.0 Å². The Balaban J connectivity index is 3.65. The molecule has 0 unspecified atom stereocenters. The van der Waals surface area contributed by atoms with Gasteiger partial charge in [-0.1, -0.05) is 11.8 Å². The maximum Gasteiger partial charge on any atom is 0.337 e. The molecule has 104 valence electrons. The highest BCUT2D eigenvalue weighted by Gasteiger charge is 2.23. The quantitative estimate of drug-likeness (QED) is 0.829. The maximum atomic E-state index is 11.3. The lowest BCUT2D eigenvalue weighted by Crippen LogP contribution is -2.07. The third-order valence-electron chi connectivity index (χ3n) is 2.41. The van der Waals surface area contributed by atoms with E-state index in [1.165, 1.54) is 20.3 Å². The van der Waals surface area contributed by atoms with E-state index in [2.05, 4.69) is 17.8 Å². The number of benzene rings is 1. The SMILES string of the molecule is C#CCOc1c(OC)cc(C(=O)O)c(C#CC)c1OC. The van der Waals surface area contributed by atoms with Gasteiger partial charge in [0, 0.05) is 6.07 Å². The molecule has 0 aliphatic rings. The van der Waals surface area contributed by atoms with Crippen molar-refractivity contribution in [3.05, 3.63) is 17.2 Å². The molecule has 0 bridgehead atoms. The number of hydrogen-bond acceptors (Lipinski definition) is 4.